The van der Waals surface area contributed by atoms with E-state index in [-0.39, 0.29) is 25.7 Å². The minimum Gasteiger partial charge on any atom is -0.462 e. The number of hydrogen-bond acceptors (Lipinski definition) is 15. The number of phosphoric ester groups is 2. The van der Waals surface area contributed by atoms with Gasteiger partial charge in [0.15, 0.2) is 12.2 Å². The fraction of sp³-hybridized carbons (Fsp3) is 0.955. The van der Waals surface area contributed by atoms with Crippen molar-refractivity contribution in [3.8, 4) is 0 Å². The van der Waals surface area contributed by atoms with Gasteiger partial charge in [-0.3, -0.25) is 37.3 Å². The maximum atomic E-state index is 13.2. The maximum Gasteiger partial charge on any atom is 0.472 e. The Morgan fingerprint density at radius 3 is 0.630 bits per heavy atom. The van der Waals surface area contributed by atoms with Crippen molar-refractivity contribution in [3.63, 3.8) is 0 Å². The number of aliphatic hydroxyl groups excluding tert-OH is 1. The summed E-state index contributed by atoms with van der Waals surface area (Å²) in [5.74, 6) is -0.552. The molecular formula is C89H174O17P2. The average molecular weight is 1580 g/mol. The Kier molecular flexibility index (Phi) is 78.8. The second-order valence-corrected chi connectivity index (χ2v) is 35.8. The number of esters is 4. The van der Waals surface area contributed by atoms with Gasteiger partial charge < -0.3 is 33.8 Å². The van der Waals surface area contributed by atoms with Crippen molar-refractivity contribution < 1.29 is 80.2 Å². The van der Waals surface area contributed by atoms with Gasteiger partial charge in [0.05, 0.1) is 26.4 Å². The van der Waals surface area contributed by atoms with Gasteiger partial charge in [-0.15, -0.1) is 0 Å². The summed E-state index contributed by atoms with van der Waals surface area (Å²) >= 11 is 0. The van der Waals surface area contributed by atoms with Crippen LogP contribution in [0.4, 0.5) is 0 Å². The number of rotatable bonds is 88. The lowest BCUT2D eigenvalue weighted by atomic mass is 10.0. The molecule has 0 fully saturated rings. The van der Waals surface area contributed by atoms with Gasteiger partial charge in [0.25, 0.3) is 0 Å². The molecule has 0 aromatic rings. The number of carbonyl (C=O) groups is 4. The van der Waals surface area contributed by atoms with Crippen molar-refractivity contribution in [1.82, 2.24) is 0 Å². The summed E-state index contributed by atoms with van der Waals surface area (Å²) in [6, 6.07) is 0. The predicted octanol–water partition coefficient (Wildman–Crippen LogP) is 27.4. The van der Waals surface area contributed by atoms with E-state index in [1.807, 2.05) is 0 Å². The Bertz CT molecular complexity index is 2060. The molecule has 0 aromatic carbocycles. The van der Waals surface area contributed by atoms with Crippen LogP contribution < -0.4 is 0 Å². The average Bonchev–Trinajstić information content (AvgIpc) is 0.902. The van der Waals surface area contributed by atoms with Crippen LogP contribution in [-0.4, -0.2) is 96.7 Å². The number of unbranched alkanes of at least 4 members (excludes halogenated alkanes) is 58. The van der Waals surface area contributed by atoms with E-state index >= 15 is 0 Å². The Morgan fingerprint density at radius 1 is 0.250 bits per heavy atom. The highest BCUT2D eigenvalue weighted by atomic mass is 31.2. The third-order valence-corrected chi connectivity index (χ3v) is 22.9. The highest BCUT2D eigenvalue weighted by Gasteiger charge is 2.31. The summed E-state index contributed by atoms with van der Waals surface area (Å²) in [5, 5.41) is 10.7. The van der Waals surface area contributed by atoms with Crippen molar-refractivity contribution in [2.45, 2.75) is 496 Å². The first-order valence-electron chi connectivity index (χ1n) is 46.0. The molecule has 0 saturated carbocycles. The molecular weight excluding hydrogens is 1400 g/mol. The summed E-state index contributed by atoms with van der Waals surface area (Å²) in [6.45, 7) is 9.69. The fourth-order valence-corrected chi connectivity index (χ4v) is 15.5. The van der Waals surface area contributed by atoms with Crippen molar-refractivity contribution in [2.75, 3.05) is 39.6 Å². The molecule has 0 aromatic heterocycles. The van der Waals surface area contributed by atoms with Gasteiger partial charge in [-0.2, -0.15) is 0 Å². The highest BCUT2D eigenvalue weighted by molar-refractivity contribution is 7.47. The van der Waals surface area contributed by atoms with Crippen LogP contribution in [0.1, 0.15) is 478 Å². The molecule has 108 heavy (non-hydrogen) atoms. The zero-order valence-corrected chi connectivity index (χ0v) is 73.0. The van der Waals surface area contributed by atoms with E-state index in [2.05, 4.69) is 41.5 Å². The summed E-state index contributed by atoms with van der Waals surface area (Å²) in [5.41, 5.74) is 0. The molecule has 0 saturated heterocycles. The van der Waals surface area contributed by atoms with Crippen LogP contribution in [0, 0.1) is 11.8 Å². The first kappa shape index (κ1) is 106. The molecule has 0 heterocycles. The molecule has 0 aliphatic rings. The monoisotopic (exact) mass is 1580 g/mol. The van der Waals surface area contributed by atoms with Gasteiger partial charge in [0, 0.05) is 25.7 Å². The van der Waals surface area contributed by atoms with Gasteiger partial charge in [-0.1, -0.05) is 427 Å². The van der Waals surface area contributed by atoms with Gasteiger partial charge in [0.1, 0.15) is 19.3 Å². The molecule has 0 amide bonds. The lowest BCUT2D eigenvalue weighted by molar-refractivity contribution is -0.161. The topological polar surface area (TPSA) is 237 Å². The Hall–Kier alpha value is -1.94. The summed E-state index contributed by atoms with van der Waals surface area (Å²) < 4.78 is 69.0. The Morgan fingerprint density at radius 2 is 0.426 bits per heavy atom. The summed E-state index contributed by atoms with van der Waals surface area (Å²) in [4.78, 5) is 73.3. The van der Waals surface area contributed by atoms with E-state index in [1.54, 1.807) is 0 Å². The molecule has 2 unspecified atom stereocenters. The lowest BCUT2D eigenvalue weighted by Crippen LogP contribution is -2.30. The van der Waals surface area contributed by atoms with Crippen LogP contribution in [0.2, 0.25) is 0 Å². The van der Waals surface area contributed by atoms with E-state index in [0.29, 0.717) is 25.7 Å². The molecule has 5 atom stereocenters. The summed E-state index contributed by atoms with van der Waals surface area (Å²) in [6.07, 6.45) is 73.7. The predicted molar refractivity (Wildman–Crippen MR) is 446 cm³/mol. The van der Waals surface area contributed by atoms with Crippen molar-refractivity contribution >= 4 is 39.5 Å². The smallest absolute Gasteiger partial charge is 0.462 e. The zero-order chi connectivity index (χ0) is 79.2. The molecule has 0 aliphatic carbocycles. The molecule has 0 bridgehead atoms. The summed E-state index contributed by atoms with van der Waals surface area (Å²) in [7, 11) is -9.93. The molecule has 19 heteroatoms. The third kappa shape index (κ3) is 82.1. The van der Waals surface area contributed by atoms with E-state index in [1.165, 1.54) is 295 Å². The number of aliphatic hydroxyl groups is 1. The first-order chi connectivity index (χ1) is 52.4. The van der Waals surface area contributed by atoms with Crippen LogP contribution in [0.15, 0.2) is 0 Å². The van der Waals surface area contributed by atoms with Crippen molar-refractivity contribution in [1.29, 1.82) is 0 Å². The fourth-order valence-electron chi connectivity index (χ4n) is 14.0. The van der Waals surface area contributed by atoms with Crippen LogP contribution in [0.5, 0.6) is 0 Å². The van der Waals surface area contributed by atoms with Gasteiger partial charge in [0.2, 0.25) is 0 Å². The van der Waals surface area contributed by atoms with E-state index in [9.17, 15) is 43.2 Å². The largest absolute Gasteiger partial charge is 0.472 e. The second kappa shape index (κ2) is 80.3. The molecule has 0 radical (unpaired) electrons. The quantitative estimate of drug-likeness (QED) is 0.0222. The van der Waals surface area contributed by atoms with Crippen molar-refractivity contribution in [3.05, 3.63) is 0 Å². The minimum absolute atomic E-state index is 0.108. The molecule has 17 nitrogen and oxygen atoms in total. The Labute approximate surface area is 664 Å². The van der Waals surface area contributed by atoms with E-state index in [0.717, 1.165) is 102 Å². The second-order valence-electron chi connectivity index (χ2n) is 32.9. The normalized spacial score (nSPS) is 13.8. The highest BCUT2D eigenvalue weighted by Crippen LogP contribution is 2.45. The van der Waals surface area contributed by atoms with Gasteiger partial charge >= 0.3 is 39.5 Å². The molecule has 642 valence electrons. The first-order valence-corrected chi connectivity index (χ1v) is 49.0. The molecule has 3 N–H and O–H groups in total. The van der Waals surface area contributed by atoms with Crippen LogP contribution in [0.25, 0.3) is 0 Å². The van der Waals surface area contributed by atoms with Crippen LogP contribution in [0.3, 0.4) is 0 Å². The Balaban J connectivity index is 5.23. The number of ether oxygens (including phenoxy) is 4. The van der Waals surface area contributed by atoms with Crippen molar-refractivity contribution in [2.24, 2.45) is 11.8 Å². The zero-order valence-electron chi connectivity index (χ0n) is 71.2. The van der Waals surface area contributed by atoms with E-state index < -0.39 is 97.5 Å². The van der Waals surface area contributed by atoms with Gasteiger partial charge in [-0.05, 0) is 37.5 Å². The maximum absolute atomic E-state index is 13.2. The molecule has 0 aliphatic heterocycles. The van der Waals surface area contributed by atoms with Crippen LogP contribution >= 0.6 is 15.6 Å². The minimum atomic E-state index is -4.97. The lowest BCUT2D eigenvalue weighted by Gasteiger charge is -2.21. The van der Waals surface area contributed by atoms with Gasteiger partial charge in [-0.25, -0.2) is 9.13 Å². The molecule has 0 rings (SSSR count). The third-order valence-electron chi connectivity index (χ3n) is 21.0. The van der Waals surface area contributed by atoms with E-state index in [4.69, 9.17) is 37.0 Å². The number of carbonyl (C=O) groups excluding carboxylic acids is 4. The molecule has 0 spiro atoms. The number of phosphoric acid groups is 2. The number of hydrogen-bond donors (Lipinski definition) is 3. The standard InChI is InChI=1S/C89H174O17P2/c1-7-9-11-13-15-17-19-21-23-25-26-27-31-35-38-42-46-53-59-65-71-86(91)99-77-84(105-88(93)74-68-62-56-48-44-40-36-32-29-28-30-33-37-41-45-51-57-63-69-81(3)4)79-103-107(95,96)101-75-83(90)76-102-108(97,98)104-80-85(78-100-87(92)72-66-60-54-50-49-52-58-64-70-82(5)6)106-89(94)73-67-61-55-47-43-39-34-24-22-20-18-16-14-12-10-8-2/h81-85,90H,7-80H2,1-6H3,(H,95,96)(H,97,98)/t83-,84-,85-/m1/s1. The SMILES string of the molecule is CCCCCCCCCCCCCCCCCCCCCCC(=O)OC[C@H](COP(=O)(O)OC[C@@H](O)COP(=O)(O)OC[C@@H](COC(=O)CCCCCCCCCCC(C)C)OC(=O)CCCCCCCCCCCCCCCCCC)OC(=O)CCCCCCCCCCCCCCCCCCCCC(C)C. The van der Waals surface area contributed by atoms with Crippen LogP contribution in [-0.2, 0) is 65.4 Å².